The summed E-state index contributed by atoms with van der Waals surface area (Å²) in [6.45, 7) is 10.6. The highest BCUT2D eigenvalue weighted by atomic mass is 16.3. The minimum absolute atomic E-state index is 0.153. The predicted octanol–water partition coefficient (Wildman–Crippen LogP) is 1.28. The lowest BCUT2D eigenvalue weighted by Gasteiger charge is -2.31. The first-order valence-electron chi connectivity index (χ1n) is 8.49. The van der Waals surface area contributed by atoms with Crippen LogP contribution < -0.4 is 5.73 Å². The van der Waals surface area contributed by atoms with Crippen molar-refractivity contribution in [1.29, 1.82) is 0 Å². The number of aliphatic hydroxyl groups excluding tert-OH is 1. The van der Waals surface area contributed by atoms with Crippen molar-refractivity contribution in [3.05, 3.63) is 0 Å². The molecule has 0 aromatic carbocycles. The number of nitrogens with two attached hydrogens (primary N) is 1. The van der Waals surface area contributed by atoms with Gasteiger partial charge in [0.25, 0.3) is 0 Å². The summed E-state index contributed by atoms with van der Waals surface area (Å²) in [4.78, 5) is 5.18. The summed E-state index contributed by atoms with van der Waals surface area (Å²) in [6, 6.07) is 0.744. The highest BCUT2D eigenvalue weighted by Gasteiger charge is 2.39. The normalized spacial score (nSPS) is 35.2. The van der Waals surface area contributed by atoms with Gasteiger partial charge in [-0.05, 0) is 57.8 Å². The van der Waals surface area contributed by atoms with E-state index in [-0.39, 0.29) is 12.1 Å². The van der Waals surface area contributed by atoms with E-state index in [2.05, 4.69) is 23.6 Å². The van der Waals surface area contributed by atoms with Gasteiger partial charge in [0.05, 0.1) is 6.61 Å². The zero-order valence-corrected chi connectivity index (χ0v) is 13.4. The quantitative estimate of drug-likeness (QED) is 0.739. The van der Waals surface area contributed by atoms with Crippen LogP contribution in [0.4, 0.5) is 0 Å². The number of nitrogens with zero attached hydrogens (tertiary/aromatic N) is 2. The molecule has 0 aromatic heterocycles. The van der Waals surface area contributed by atoms with Crippen LogP contribution in [-0.4, -0.2) is 65.8 Å². The molecule has 0 amide bonds. The fraction of sp³-hybridized carbons (Fsp3) is 1.00. The van der Waals surface area contributed by atoms with Gasteiger partial charge >= 0.3 is 0 Å². The number of hydrogen-bond donors (Lipinski definition) is 2. The van der Waals surface area contributed by atoms with Crippen LogP contribution in [0.3, 0.4) is 0 Å². The summed E-state index contributed by atoms with van der Waals surface area (Å²) in [7, 11) is 0. The van der Waals surface area contributed by atoms with Crippen LogP contribution in [0.1, 0.15) is 46.0 Å². The summed E-state index contributed by atoms with van der Waals surface area (Å²) in [5.41, 5.74) is 6.04. The van der Waals surface area contributed by atoms with E-state index >= 15 is 0 Å². The lowest BCUT2D eigenvalue weighted by molar-refractivity contribution is 0.145. The van der Waals surface area contributed by atoms with Crippen molar-refractivity contribution in [2.24, 2.45) is 11.7 Å². The zero-order valence-electron chi connectivity index (χ0n) is 13.4. The third-order valence-corrected chi connectivity index (χ3v) is 5.67. The van der Waals surface area contributed by atoms with E-state index in [9.17, 15) is 5.11 Å². The largest absolute Gasteiger partial charge is 0.394 e. The molecule has 3 atom stereocenters. The Kier molecular flexibility index (Phi) is 5.84. The Bertz CT molecular complexity index is 295. The summed E-state index contributed by atoms with van der Waals surface area (Å²) in [6.07, 6.45) is 5.84. The molecule has 4 nitrogen and oxygen atoms in total. The van der Waals surface area contributed by atoms with Crippen molar-refractivity contribution in [1.82, 2.24) is 9.80 Å². The van der Waals surface area contributed by atoms with Crippen LogP contribution in [0.2, 0.25) is 0 Å². The van der Waals surface area contributed by atoms with Gasteiger partial charge in [0.2, 0.25) is 0 Å². The molecule has 3 unspecified atom stereocenters. The van der Waals surface area contributed by atoms with Crippen molar-refractivity contribution in [2.75, 3.05) is 39.3 Å². The van der Waals surface area contributed by atoms with Crippen LogP contribution in [0.25, 0.3) is 0 Å². The highest BCUT2D eigenvalue weighted by molar-refractivity contribution is 4.96. The average molecular weight is 283 g/mol. The number of likely N-dealkylation sites (tertiary alicyclic amines) is 1. The average Bonchev–Trinajstić information content (AvgIpc) is 3.06. The third-order valence-electron chi connectivity index (χ3n) is 5.67. The zero-order chi connectivity index (χ0) is 14.6. The highest BCUT2D eigenvalue weighted by Crippen LogP contribution is 2.36. The minimum atomic E-state index is -0.294. The molecule has 3 N–H and O–H groups in total. The molecule has 1 aliphatic carbocycles. The van der Waals surface area contributed by atoms with Crippen molar-refractivity contribution in [3.8, 4) is 0 Å². The van der Waals surface area contributed by atoms with Crippen molar-refractivity contribution in [3.63, 3.8) is 0 Å². The van der Waals surface area contributed by atoms with Crippen molar-refractivity contribution in [2.45, 2.75) is 57.5 Å². The standard InChI is InChI=1S/C16H33N3O/c1-3-19(4-2)15-8-11-18(12-15)10-7-14-6-5-9-16(14,17)13-20/h14-15,20H,3-13,17H2,1-2H3. The molecule has 2 aliphatic rings. The summed E-state index contributed by atoms with van der Waals surface area (Å²) in [5, 5.41) is 9.52. The monoisotopic (exact) mass is 283 g/mol. The molecule has 0 aromatic rings. The van der Waals surface area contributed by atoms with Gasteiger partial charge in [0, 0.05) is 18.1 Å². The molecule has 0 spiro atoms. The van der Waals surface area contributed by atoms with Crippen LogP contribution in [-0.2, 0) is 0 Å². The second-order valence-corrected chi connectivity index (χ2v) is 6.73. The molecule has 1 saturated carbocycles. The van der Waals surface area contributed by atoms with E-state index in [4.69, 9.17) is 5.73 Å². The second kappa shape index (κ2) is 7.21. The number of likely N-dealkylation sites (N-methyl/N-ethyl adjacent to an activating group) is 1. The summed E-state index contributed by atoms with van der Waals surface area (Å²) < 4.78 is 0. The number of hydrogen-bond acceptors (Lipinski definition) is 4. The van der Waals surface area contributed by atoms with Gasteiger partial charge in [-0.1, -0.05) is 20.3 Å². The SMILES string of the molecule is CCN(CC)C1CCN(CCC2CCCC2(N)CO)C1. The van der Waals surface area contributed by atoms with Gasteiger partial charge in [-0.3, -0.25) is 4.90 Å². The van der Waals surface area contributed by atoms with E-state index < -0.39 is 0 Å². The Morgan fingerprint density at radius 2 is 2.05 bits per heavy atom. The summed E-state index contributed by atoms with van der Waals surface area (Å²) in [5.74, 6) is 0.514. The molecule has 0 radical (unpaired) electrons. The second-order valence-electron chi connectivity index (χ2n) is 6.73. The molecular formula is C16H33N3O. The molecule has 2 rings (SSSR count). The fourth-order valence-corrected chi connectivity index (χ4v) is 4.20. The topological polar surface area (TPSA) is 52.7 Å². The Morgan fingerprint density at radius 3 is 2.70 bits per heavy atom. The first kappa shape index (κ1) is 16.2. The van der Waals surface area contributed by atoms with Gasteiger partial charge in [-0.2, -0.15) is 0 Å². The van der Waals surface area contributed by atoms with Gasteiger partial charge in [0.15, 0.2) is 0 Å². The first-order valence-corrected chi connectivity index (χ1v) is 8.49. The predicted molar refractivity (Wildman–Crippen MR) is 83.7 cm³/mol. The fourth-order valence-electron chi connectivity index (χ4n) is 4.20. The number of aliphatic hydroxyl groups is 1. The Labute approximate surface area is 124 Å². The van der Waals surface area contributed by atoms with Gasteiger partial charge in [-0.25, -0.2) is 0 Å². The molecule has 1 aliphatic heterocycles. The molecule has 20 heavy (non-hydrogen) atoms. The van der Waals surface area contributed by atoms with Crippen LogP contribution in [0, 0.1) is 5.92 Å². The lowest BCUT2D eigenvalue weighted by Crippen LogP contribution is -2.47. The maximum atomic E-state index is 9.52. The Balaban J connectivity index is 1.76. The molecule has 1 saturated heterocycles. The van der Waals surface area contributed by atoms with Gasteiger partial charge < -0.3 is 15.7 Å². The Hall–Kier alpha value is -0.160. The maximum Gasteiger partial charge on any atom is 0.0613 e. The van der Waals surface area contributed by atoms with E-state index in [0.717, 1.165) is 38.5 Å². The number of rotatable bonds is 7. The van der Waals surface area contributed by atoms with E-state index in [1.165, 1.54) is 32.4 Å². The van der Waals surface area contributed by atoms with Crippen molar-refractivity contribution < 1.29 is 5.11 Å². The van der Waals surface area contributed by atoms with Gasteiger partial charge in [0.1, 0.15) is 0 Å². The molecule has 2 fully saturated rings. The molecule has 1 heterocycles. The van der Waals surface area contributed by atoms with Crippen LogP contribution in [0.5, 0.6) is 0 Å². The van der Waals surface area contributed by atoms with Crippen molar-refractivity contribution >= 4 is 0 Å². The molecule has 118 valence electrons. The Morgan fingerprint density at radius 1 is 1.30 bits per heavy atom. The molecular weight excluding hydrogens is 250 g/mol. The van der Waals surface area contributed by atoms with Crippen LogP contribution >= 0.6 is 0 Å². The third kappa shape index (κ3) is 3.53. The van der Waals surface area contributed by atoms with E-state index in [0.29, 0.717) is 5.92 Å². The first-order chi connectivity index (χ1) is 9.62. The van der Waals surface area contributed by atoms with Crippen LogP contribution in [0.15, 0.2) is 0 Å². The minimum Gasteiger partial charge on any atom is -0.394 e. The molecule has 0 bridgehead atoms. The van der Waals surface area contributed by atoms with Gasteiger partial charge in [-0.15, -0.1) is 0 Å². The summed E-state index contributed by atoms with van der Waals surface area (Å²) >= 11 is 0. The smallest absolute Gasteiger partial charge is 0.0613 e. The maximum absolute atomic E-state index is 9.52. The lowest BCUT2D eigenvalue weighted by atomic mass is 9.86. The molecule has 4 heteroatoms. The van der Waals surface area contributed by atoms with E-state index in [1.54, 1.807) is 0 Å². The van der Waals surface area contributed by atoms with E-state index in [1.807, 2.05) is 0 Å².